The van der Waals surface area contributed by atoms with Crippen molar-refractivity contribution in [2.75, 3.05) is 23.0 Å². The highest BCUT2D eigenvalue weighted by Gasteiger charge is 2.59. The zero-order chi connectivity index (χ0) is 13.3. The van der Waals surface area contributed by atoms with Crippen molar-refractivity contribution < 1.29 is 0 Å². The number of rotatable bonds is 4. The van der Waals surface area contributed by atoms with Gasteiger partial charge in [-0.15, -0.1) is 0 Å². The highest BCUT2D eigenvalue weighted by atomic mass is 32.4. The van der Waals surface area contributed by atoms with Crippen molar-refractivity contribution in [3.05, 3.63) is 30.1 Å². The van der Waals surface area contributed by atoms with Crippen molar-refractivity contribution in [2.45, 2.75) is 27.7 Å². The van der Waals surface area contributed by atoms with Crippen molar-refractivity contribution in [3.8, 4) is 0 Å². The van der Waals surface area contributed by atoms with Gasteiger partial charge < -0.3 is 0 Å². The van der Waals surface area contributed by atoms with E-state index >= 15 is 0 Å². The molecule has 0 spiro atoms. The van der Waals surface area contributed by atoms with E-state index in [1.54, 1.807) is 8.47 Å². The maximum atomic E-state index is 2.66. The van der Waals surface area contributed by atoms with Gasteiger partial charge >= 0.3 is 0 Å². The van der Waals surface area contributed by atoms with E-state index in [4.69, 9.17) is 0 Å². The second kappa shape index (κ2) is 4.57. The summed E-state index contributed by atoms with van der Waals surface area (Å²) in [6, 6.07) is 0. The number of hydrogen-bond acceptors (Lipinski definition) is 3. The minimum absolute atomic E-state index is 1.31. The lowest BCUT2D eigenvalue weighted by Gasteiger charge is -2.76. The fraction of sp³-hybridized carbons (Fsp3) is 0.571. The van der Waals surface area contributed by atoms with Crippen LogP contribution in [0.2, 0.25) is 0 Å². The third-order valence-corrected chi connectivity index (χ3v) is 21.0. The Labute approximate surface area is 124 Å². The molecule has 0 bridgehead atoms. The molecule has 2 aliphatic heterocycles. The van der Waals surface area contributed by atoms with Crippen LogP contribution in [0.25, 0.3) is 0 Å². The zero-order valence-corrected chi connectivity index (χ0v) is 15.0. The first-order valence-electron chi connectivity index (χ1n) is 6.66. The lowest BCUT2D eigenvalue weighted by Crippen LogP contribution is -2.43. The van der Waals surface area contributed by atoms with Crippen LogP contribution in [0.3, 0.4) is 0 Å². The summed E-state index contributed by atoms with van der Waals surface area (Å²) in [7, 11) is -2.18. The average molecular weight is 321 g/mol. The third-order valence-electron chi connectivity index (χ3n) is 5.58. The average Bonchev–Trinajstić information content (AvgIpc) is 3.07. The molecule has 104 valence electrons. The fourth-order valence-corrected chi connectivity index (χ4v) is 17.2. The standard InChI is InChI=1S/C14H24S4/c1-5-18(6-2,7-3,8-4)12-11-17-14(18)13-15-9-10-16-13/h9-12H,5-8H2,1-4H3. The molecule has 2 heterocycles. The molecule has 0 nitrogen and oxygen atoms in total. The highest BCUT2D eigenvalue weighted by Crippen LogP contribution is 2.99. The van der Waals surface area contributed by atoms with E-state index in [0.717, 1.165) is 0 Å². The number of hydrogen-bond donors (Lipinski definition) is 0. The van der Waals surface area contributed by atoms with Gasteiger partial charge in [0.05, 0.1) is 4.24 Å². The molecular weight excluding hydrogens is 296 g/mol. The van der Waals surface area contributed by atoms with Gasteiger partial charge in [0.1, 0.15) is 0 Å². The third kappa shape index (κ3) is 1.58. The molecule has 0 aromatic carbocycles. The molecule has 4 heteroatoms. The van der Waals surface area contributed by atoms with Crippen molar-refractivity contribution >= 4 is 43.6 Å². The van der Waals surface area contributed by atoms with E-state index in [9.17, 15) is 0 Å². The Morgan fingerprint density at radius 2 is 1.28 bits per heavy atom. The Morgan fingerprint density at radius 1 is 0.778 bits per heavy atom. The van der Waals surface area contributed by atoms with Gasteiger partial charge in [-0.3, -0.25) is 0 Å². The molecule has 2 rings (SSSR count). The van der Waals surface area contributed by atoms with Crippen molar-refractivity contribution in [2.24, 2.45) is 0 Å². The topological polar surface area (TPSA) is 0 Å². The Kier molecular flexibility index (Phi) is 3.82. The van der Waals surface area contributed by atoms with E-state index < -0.39 is 8.29 Å². The zero-order valence-electron chi connectivity index (χ0n) is 11.8. The first kappa shape index (κ1) is 15.0. The largest absolute Gasteiger partial charge is 0.232 e. The summed E-state index contributed by atoms with van der Waals surface area (Å²) in [6.45, 7) is 9.69. The lowest BCUT2D eigenvalue weighted by molar-refractivity contribution is 1.23. The molecule has 0 radical (unpaired) electrons. The predicted octanol–water partition coefficient (Wildman–Crippen LogP) is 6.24. The first-order chi connectivity index (χ1) is 8.57. The van der Waals surface area contributed by atoms with Gasteiger partial charge in [0.15, 0.2) is 0 Å². The van der Waals surface area contributed by atoms with E-state index in [2.05, 4.69) is 49.3 Å². The second-order valence-electron chi connectivity index (χ2n) is 5.21. The monoisotopic (exact) mass is 320 g/mol. The van der Waals surface area contributed by atoms with Crippen LogP contribution in [0, 0.1) is 0 Å². The van der Waals surface area contributed by atoms with Gasteiger partial charge in [-0.05, 0) is 44.6 Å². The van der Waals surface area contributed by atoms with Gasteiger partial charge in [0.2, 0.25) is 0 Å². The molecule has 0 saturated heterocycles. The summed E-state index contributed by atoms with van der Waals surface area (Å²) < 4.78 is 3.28. The Hall–Kier alpha value is 0.620. The molecule has 18 heavy (non-hydrogen) atoms. The van der Waals surface area contributed by atoms with Gasteiger partial charge in [0, 0.05) is 4.24 Å². The van der Waals surface area contributed by atoms with Crippen LogP contribution >= 0.6 is 43.6 Å². The van der Waals surface area contributed by atoms with Crippen molar-refractivity contribution in [1.29, 1.82) is 0 Å². The molecule has 0 aliphatic carbocycles. The van der Waals surface area contributed by atoms with Gasteiger partial charge in [-0.1, -0.05) is 63.0 Å². The van der Waals surface area contributed by atoms with Crippen LogP contribution in [0.15, 0.2) is 30.1 Å². The van der Waals surface area contributed by atoms with E-state index in [1.165, 1.54) is 23.0 Å². The molecule has 0 fully saturated rings. The van der Waals surface area contributed by atoms with Crippen LogP contribution in [0.5, 0.6) is 0 Å². The molecule has 0 unspecified atom stereocenters. The molecule has 0 saturated carbocycles. The summed E-state index contributed by atoms with van der Waals surface area (Å²) >= 11 is 5.87. The lowest BCUT2D eigenvalue weighted by atomic mass is 10.9. The van der Waals surface area contributed by atoms with Gasteiger partial charge in [-0.2, -0.15) is 0 Å². The summed E-state index contributed by atoms with van der Waals surface area (Å²) in [6.07, 6.45) is 0. The summed E-state index contributed by atoms with van der Waals surface area (Å²) in [5, 5.41) is 9.52. The smallest absolute Gasteiger partial charge is 0.0666 e. The van der Waals surface area contributed by atoms with Crippen LogP contribution in [0.1, 0.15) is 27.7 Å². The Bertz CT molecular complexity index is 415. The fourth-order valence-electron chi connectivity index (χ4n) is 3.27. The Balaban J connectivity index is 2.74. The first-order valence-corrected chi connectivity index (χ1v) is 12.5. The minimum Gasteiger partial charge on any atom is -0.232 e. The van der Waals surface area contributed by atoms with Crippen molar-refractivity contribution in [3.63, 3.8) is 0 Å². The molecule has 0 aromatic rings. The molecule has 0 aromatic heterocycles. The predicted molar refractivity (Wildman–Crippen MR) is 97.8 cm³/mol. The molecule has 0 amide bonds. The quantitative estimate of drug-likeness (QED) is 0.602. The highest BCUT2D eigenvalue weighted by molar-refractivity contribution is 8.74. The maximum absolute atomic E-state index is 2.66. The minimum atomic E-state index is -2.18. The van der Waals surface area contributed by atoms with E-state index in [0.29, 0.717) is 0 Å². The Morgan fingerprint density at radius 3 is 1.72 bits per heavy atom. The second-order valence-corrected chi connectivity index (χ2v) is 16.6. The SMILES string of the molecule is CCS1(CC)(CC)(CC)C=CSC1=C1SC=CS1. The van der Waals surface area contributed by atoms with Crippen LogP contribution in [-0.4, -0.2) is 23.0 Å². The van der Waals surface area contributed by atoms with Gasteiger partial charge in [-0.25, -0.2) is 8.29 Å². The summed E-state index contributed by atoms with van der Waals surface area (Å²) in [5.41, 5.74) is 0. The molecular formula is C14H24S4. The molecule has 0 N–H and O–H groups in total. The molecule has 2 aliphatic rings. The van der Waals surface area contributed by atoms with E-state index in [-0.39, 0.29) is 0 Å². The van der Waals surface area contributed by atoms with Crippen LogP contribution in [0.4, 0.5) is 0 Å². The van der Waals surface area contributed by atoms with Gasteiger partial charge in [0.25, 0.3) is 0 Å². The summed E-state index contributed by atoms with van der Waals surface area (Å²) in [5.74, 6) is 5.25. The van der Waals surface area contributed by atoms with Crippen LogP contribution < -0.4 is 0 Å². The number of thioether (sulfide) groups is 3. The van der Waals surface area contributed by atoms with E-state index in [1.807, 2.05) is 35.3 Å². The van der Waals surface area contributed by atoms with Crippen molar-refractivity contribution in [1.82, 2.24) is 0 Å². The normalized spacial score (nSPS) is 30.9. The molecule has 0 atom stereocenters. The maximum Gasteiger partial charge on any atom is 0.0666 e. The summed E-state index contributed by atoms with van der Waals surface area (Å²) in [4.78, 5) is 0. The van der Waals surface area contributed by atoms with Crippen LogP contribution in [-0.2, 0) is 0 Å².